The maximum Gasteiger partial charge on any atom is 0.341 e. The molecule has 0 saturated carbocycles. The lowest BCUT2D eigenvalue weighted by molar-refractivity contribution is -0.113. The van der Waals surface area contributed by atoms with Crippen molar-refractivity contribution in [3.63, 3.8) is 0 Å². The molecule has 2 heterocycles. The van der Waals surface area contributed by atoms with Crippen molar-refractivity contribution in [3.05, 3.63) is 51.2 Å². The largest absolute Gasteiger partial charge is 0.483 e. The number of ether oxygens (including phenoxy) is 2. The molecule has 0 spiro atoms. The summed E-state index contributed by atoms with van der Waals surface area (Å²) in [6.45, 7) is 11.0. The maximum atomic E-state index is 12.8. The number of amides is 2. The van der Waals surface area contributed by atoms with E-state index in [2.05, 4.69) is 15.5 Å². The third-order valence-corrected chi connectivity index (χ3v) is 7.77. The van der Waals surface area contributed by atoms with Gasteiger partial charge in [-0.3, -0.25) is 9.59 Å². The Morgan fingerprint density at radius 1 is 1.14 bits per heavy atom. The normalized spacial score (nSPS) is 11.9. The molecule has 0 aliphatic rings. The summed E-state index contributed by atoms with van der Waals surface area (Å²) < 4.78 is 13.1. The predicted molar refractivity (Wildman–Crippen MR) is 143 cm³/mol. The third kappa shape index (κ3) is 6.69. The lowest BCUT2D eigenvalue weighted by Gasteiger charge is -2.15. The van der Waals surface area contributed by atoms with Gasteiger partial charge in [0.25, 0.3) is 5.91 Å². The predicted octanol–water partition coefficient (Wildman–Crippen LogP) is 4.34. The first kappa shape index (κ1) is 28.2. The molecule has 0 saturated heterocycles. The Kier molecular flexibility index (Phi) is 8.98. The number of anilines is 1. The summed E-state index contributed by atoms with van der Waals surface area (Å²) in [6.07, 6.45) is -0.729. The van der Waals surface area contributed by atoms with Crippen LogP contribution in [0.25, 0.3) is 0 Å². The van der Waals surface area contributed by atoms with Crippen molar-refractivity contribution in [2.45, 2.75) is 58.9 Å². The fraction of sp³-hybridized carbons (Fsp3) is 0.400. The molecule has 0 fully saturated rings. The average Bonchev–Trinajstić information content (AvgIpc) is 3.33. The topological polar surface area (TPSA) is 138 Å². The zero-order chi connectivity index (χ0) is 27.4. The molecule has 12 heteroatoms. The lowest BCUT2D eigenvalue weighted by atomic mass is 10.1. The van der Waals surface area contributed by atoms with Gasteiger partial charge in [0.05, 0.1) is 22.3 Å². The van der Waals surface area contributed by atoms with Crippen LogP contribution < -0.4 is 15.8 Å². The van der Waals surface area contributed by atoms with Gasteiger partial charge in [0, 0.05) is 7.05 Å². The quantitative estimate of drug-likeness (QED) is 0.283. The summed E-state index contributed by atoms with van der Waals surface area (Å²) in [6, 6.07) is 5.89. The number of hydrogen-bond acceptors (Lipinski definition) is 9. The second-order valence-corrected chi connectivity index (χ2v) is 10.8. The van der Waals surface area contributed by atoms with Crippen LogP contribution in [0.1, 0.15) is 69.4 Å². The van der Waals surface area contributed by atoms with Crippen molar-refractivity contribution < 1.29 is 23.9 Å². The van der Waals surface area contributed by atoms with E-state index in [-0.39, 0.29) is 39.3 Å². The number of nitrogens with one attached hydrogen (secondary N) is 1. The van der Waals surface area contributed by atoms with Crippen LogP contribution in [-0.2, 0) is 16.6 Å². The smallest absolute Gasteiger partial charge is 0.341 e. The van der Waals surface area contributed by atoms with E-state index in [1.807, 2.05) is 39.0 Å². The molecule has 3 N–H and O–H groups in total. The minimum atomic E-state index is -0.681. The number of aromatic nitrogens is 3. The van der Waals surface area contributed by atoms with Crippen molar-refractivity contribution in [1.82, 2.24) is 14.8 Å². The van der Waals surface area contributed by atoms with Gasteiger partial charge in [0.2, 0.25) is 5.91 Å². The van der Waals surface area contributed by atoms with Crippen LogP contribution in [0.15, 0.2) is 23.4 Å². The van der Waals surface area contributed by atoms with Gasteiger partial charge in [0.1, 0.15) is 10.8 Å². The minimum Gasteiger partial charge on any atom is -0.483 e. The first-order valence-corrected chi connectivity index (χ1v) is 13.4. The van der Waals surface area contributed by atoms with Crippen LogP contribution in [-0.4, -0.2) is 44.4 Å². The maximum absolute atomic E-state index is 12.8. The minimum absolute atomic E-state index is 0.000110. The van der Waals surface area contributed by atoms with E-state index in [4.69, 9.17) is 15.2 Å². The summed E-state index contributed by atoms with van der Waals surface area (Å²) in [5.74, 6) is -0.347. The Labute approximate surface area is 223 Å². The Morgan fingerprint density at radius 2 is 1.84 bits per heavy atom. The van der Waals surface area contributed by atoms with Crippen molar-refractivity contribution in [3.8, 4) is 5.75 Å². The molecule has 10 nitrogen and oxygen atoms in total. The zero-order valence-corrected chi connectivity index (χ0v) is 23.5. The van der Waals surface area contributed by atoms with Crippen LogP contribution in [0, 0.1) is 20.8 Å². The number of rotatable bonds is 10. The van der Waals surface area contributed by atoms with Crippen molar-refractivity contribution in [2.75, 3.05) is 11.1 Å². The number of nitrogens with zero attached hydrogens (tertiary/aromatic N) is 3. The molecule has 1 atom stereocenters. The number of hydrogen-bond donors (Lipinski definition) is 2. The van der Waals surface area contributed by atoms with Gasteiger partial charge >= 0.3 is 5.97 Å². The molecule has 0 bridgehead atoms. The first-order chi connectivity index (χ1) is 17.4. The van der Waals surface area contributed by atoms with Crippen LogP contribution >= 0.6 is 23.1 Å². The highest BCUT2D eigenvalue weighted by Gasteiger charge is 2.27. The summed E-state index contributed by atoms with van der Waals surface area (Å²) in [5.41, 5.74) is 8.27. The molecule has 1 unspecified atom stereocenters. The molecule has 3 rings (SSSR count). The Bertz CT molecular complexity index is 1330. The number of primary amides is 1. The van der Waals surface area contributed by atoms with E-state index in [0.29, 0.717) is 16.5 Å². The third-order valence-electron chi connectivity index (χ3n) is 5.53. The standard InChI is InChI=1S/C25H31N5O5S2/c1-12(2)34-24(33)19-15(5)20(21(26)32)37-23(19)27-18(31)11-36-25-29-28-22(30(25)7)16(6)35-17-9-8-13(3)14(4)10-17/h8-10,12,16H,11H2,1-7H3,(H2,26,32)(H,27,31). The van der Waals surface area contributed by atoms with Crippen molar-refractivity contribution >= 4 is 45.9 Å². The van der Waals surface area contributed by atoms with E-state index >= 15 is 0 Å². The molecule has 0 aliphatic heterocycles. The number of aryl methyl sites for hydroxylation is 2. The van der Waals surface area contributed by atoms with Crippen LogP contribution in [0.5, 0.6) is 5.75 Å². The van der Waals surface area contributed by atoms with Gasteiger partial charge in [-0.1, -0.05) is 17.8 Å². The highest BCUT2D eigenvalue weighted by Crippen LogP contribution is 2.34. The zero-order valence-electron chi connectivity index (χ0n) is 21.9. The van der Waals surface area contributed by atoms with E-state index in [0.717, 1.165) is 22.6 Å². The van der Waals surface area contributed by atoms with E-state index < -0.39 is 11.9 Å². The lowest BCUT2D eigenvalue weighted by Crippen LogP contribution is -2.18. The summed E-state index contributed by atoms with van der Waals surface area (Å²) in [5, 5.41) is 11.9. The molecule has 0 aliphatic carbocycles. The van der Waals surface area contributed by atoms with E-state index in [1.165, 1.54) is 17.3 Å². The Hall–Kier alpha value is -3.38. The first-order valence-electron chi connectivity index (χ1n) is 11.6. The molecule has 1 aromatic carbocycles. The number of benzene rings is 1. The van der Waals surface area contributed by atoms with Crippen molar-refractivity contribution in [1.29, 1.82) is 0 Å². The highest BCUT2D eigenvalue weighted by atomic mass is 32.2. The molecule has 0 radical (unpaired) electrons. The SMILES string of the molecule is Cc1ccc(OC(C)c2nnc(SCC(=O)Nc3sc(C(N)=O)c(C)c3C(=O)OC(C)C)n2C)cc1C. The fourth-order valence-electron chi connectivity index (χ4n) is 3.50. The number of thiophene rings is 1. The summed E-state index contributed by atoms with van der Waals surface area (Å²) in [7, 11) is 1.80. The summed E-state index contributed by atoms with van der Waals surface area (Å²) in [4.78, 5) is 37.4. The van der Waals surface area contributed by atoms with Gasteiger partial charge in [0.15, 0.2) is 17.1 Å². The molecule has 3 aromatic rings. The number of thioether (sulfide) groups is 1. The second kappa shape index (κ2) is 11.8. The van der Waals surface area contributed by atoms with Gasteiger partial charge in [-0.25, -0.2) is 4.79 Å². The van der Waals surface area contributed by atoms with Gasteiger partial charge in [-0.05, 0) is 70.4 Å². The molecule has 198 valence electrons. The number of carbonyl (C=O) groups is 3. The monoisotopic (exact) mass is 545 g/mol. The summed E-state index contributed by atoms with van der Waals surface area (Å²) >= 11 is 2.13. The van der Waals surface area contributed by atoms with Crippen LogP contribution in [0.2, 0.25) is 0 Å². The average molecular weight is 546 g/mol. The molecular weight excluding hydrogens is 514 g/mol. The van der Waals surface area contributed by atoms with Crippen molar-refractivity contribution in [2.24, 2.45) is 12.8 Å². The second-order valence-electron chi connectivity index (χ2n) is 8.82. The Balaban J connectivity index is 1.68. The van der Waals surface area contributed by atoms with Gasteiger partial charge in [-0.2, -0.15) is 0 Å². The number of nitrogens with two attached hydrogens (primary N) is 1. The van der Waals surface area contributed by atoms with Gasteiger partial charge in [-0.15, -0.1) is 21.5 Å². The number of esters is 1. The van der Waals surface area contributed by atoms with Crippen LogP contribution in [0.4, 0.5) is 5.00 Å². The molecule has 2 aromatic heterocycles. The van der Waals surface area contributed by atoms with Gasteiger partial charge < -0.3 is 25.1 Å². The number of carbonyl (C=O) groups excluding carboxylic acids is 3. The Morgan fingerprint density at radius 3 is 2.46 bits per heavy atom. The fourth-order valence-corrected chi connectivity index (χ4v) is 5.28. The van der Waals surface area contributed by atoms with E-state index in [9.17, 15) is 14.4 Å². The molecule has 37 heavy (non-hydrogen) atoms. The molecular formula is C25H31N5O5S2. The van der Waals surface area contributed by atoms with E-state index in [1.54, 1.807) is 32.4 Å². The van der Waals surface area contributed by atoms with Crippen LogP contribution in [0.3, 0.4) is 0 Å². The molecule has 2 amide bonds. The highest BCUT2D eigenvalue weighted by molar-refractivity contribution is 7.99.